The number of carbonyl (C=O) groups excluding carboxylic acids is 1. The number of carbonyl (C=O) groups is 1. The lowest BCUT2D eigenvalue weighted by Gasteiger charge is -2.23. The van der Waals surface area contributed by atoms with Gasteiger partial charge in [0.2, 0.25) is 0 Å². The minimum atomic E-state index is -0.270. The standard InChI is InChI=1S/C18H16ClN5O2S/c1-24-9-10(7-22-24)17(25)23-18-14(6-20)13-5-11(21-8-15(13)27-18)4-12-2-3-16(19)26-12/h2-3,7,9,11,21H,4-5,8H2,1H3,(H,23,25). The SMILES string of the molecule is Cn1cc(C(=O)Nc2sc3c(c2C#N)CC(Cc2ccc(Cl)o2)NC3)cn1. The maximum Gasteiger partial charge on any atom is 0.259 e. The summed E-state index contributed by atoms with van der Waals surface area (Å²) in [6.45, 7) is 0.649. The first-order valence-electron chi connectivity index (χ1n) is 8.35. The number of rotatable bonds is 4. The molecule has 3 aromatic heterocycles. The minimum absolute atomic E-state index is 0.142. The first-order valence-corrected chi connectivity index (χ1v) is 9.55. The molecule has 27 heavy (non-hydrogen) atoms. The maximum absolute atomic E-state index is 12.4. The fraction of sp³-hybridized carbons (Fsp3) is 0.278. The molecule has 138 valence electrons. The van der Waals surface area contributed by atoms with Crippen molar-refractivity contribution in [1.29, 1.82) is 5.26 Å². The third-order valence-electron chi connectivity index (χ3n) is 4.47. The van der Waals surface area contributed by atoms with Crippen molar-refractivity contribution in [3.63, 3.8) is 0 Å². The lowest BCUT2D eigenvalue weighted by Crippen LogP contribution is -2.36. The summed E-state index contributed by atoms with van der Waals surface area (Å²) in [5, 5.41) is 20.9. The Morgan fingerprint density at radius 3 is 3.11 bits per heavy atom. The van der Waals surface area contributed by atoms with Crippen LogP contribution in [0.15, 0.2) is 28.9 Å². The minimum Gasteiger partial charge on any atom is -0.450 e. The number of halogens is 1. The number of anilines is 1. The normalized spacial score (nSPS) is 16.0. The van der Waals surface area contributed by atoms with Crippen LogP contribution in [0.25, 0.3) is 0 Å². The molecule has 0 fully saturated rings. The topological polar surface area (TPSA) is 95.9 Å². The number of hydrogen-bond donors (Lipinski definition) is 2. The molecule has 0 spiro atoms. The summed E-state index contributed by atoms with van der Waals surface area (Å²) < 4.78 is 7.00. The van der Waals surface area contributed by atoms with Gasteiger partial charge in [-0.25, -0.2) is 0 Å². The van der Waals surface area contributed by atoms with E-state index >= 15 is 0 Å². The van der Waals surface area contributed by atoms with Gasteiger partial charge in [0.05, 0.1) is 17.3 Å². The van der Waals surface area contributed by atoms with Crippen molar-refractivity contribution < 1.29 is 9.21 Å². The zero-order valence-electron chi connectivity index (χ0n) is 14.5. The molecule has 0 aliphatic carbocycles. The van der Waals surface area contributed by atoms with Crippen LogP contribution >= 0.6 is 22.9 Å². The number of furan rings is 1. The van der Waals surface area contributed by atoms with Crippen LogP contribution in [0, 0.1) is 11.3 Å². The maximum atomic E-state index is 12.4. The average molecular weight is 402 g/mol. The molecule has 9 heteroatoms. The molecule has 1 atom stereocenters. The first kappa shape index (κ1) is 17.8. The van der Waals surface area contributed by atoms with Crippen LogP contribution in [0.2, 0.25) is 5.22 Å². The number of thiophene rings is 1. The van der Waals surface area contributed by atoms with E-state index in [1.165, 1.54) is 17.5 Å². The van der Waals surface area contributed by atoms with E-state index in [4.69, 9.17) is 16.0 Å². The molecule has 3 aromatic rings. The van der Waals surface area contributed by atoms with Gasteiger partial charge < -0.3 is 15.1 Å². The van der Waals surface area contributed by atoms with Gasteiger partial charge in [0.15, 0.2) is 5.22 Å². The van der Waals surface area contributed by atoms with Crippen LogP contribution in [0.3, 0.4) is 0 Å². The fourth-order valence-corrected chi connectivity index (χ4v) is 4.48. The van der Waals surface area contributed by atoms with E-state index in [-0.39, 0.29) is 11.9 Å². The summed E-state index contributed by atoms with van der Waals surface area (Å²) in [5.74, 6) is 0.535. The molecule has 0 radical (unpaired) electrons. The van der Waals surface area contributed by atoms with E-state index in [1.807, 2.05) is 6.07 Å². The number of aromatic nitrogens is 2. The number of nitrogens with zero attached hydrogens (tertiary/aromatic N) is 3. The molecule has 0 aromatic carbocycles. The molecule has 1 aliphatic rings. The largest absolute Gasteiger partial charge is 0.450 e. The molecule has 0 saturated carbocycles. The Bertz CT molecular complexity index is 1040. The predicted molar refractivity (Wildman–Crippen MR) is 102 cm³/mol. The van der Waals surface area contributed by atoms with E-state index in [0.29, 0.717) is 40.7 Å². The van der Waals surface area contributed by atoms with Gasteiger partial charge in [-0.1, -0.05) is 0 Å². The molecular weight excluding hydrogens is 386 g/mol. The Kier molecular flexibility index (Phi) is 4.74. The molecule has 0 saturated heterocycles. The second-order valence-electron chi connectivity index (χ2n) is 6.37. The van der Waals surface area contributed by atoms with Crippen molar-refractivity contribution in [1.82, 2.24) is 15.1 Å². The van der Waals surface area contributed by atoms with Gasteiger partial charge in [0.1, 0.15) is 16.8 Å². The fourth-order valence-electron chi connectivity index (χ4n) is 3.20. The summed E-state index contributed by atoms with van der Waals surface area (Å²) in [6, 6.07) is 5.98. The number of fused-ring (bicyclic) bond motifs is 1. The molecule has 1 aliphatic heterocycles. The highest BCUT2D eigenvalue weighted by molar-refractivity contribution is 7.16. The lowest BCUT2D eigenvalue weighted by molar-refractivity contribution is 0.102. The highest BCUT2D eigenvalue weighted by atomic mass is 35.5. The number of nitrogens with one attached hydrogen (secondary N) is 2. The van der Waals surface area contributed by atoms with Crippen LogP contribution in [0.5, 0.6) is 0 Å². The van der Waals surface area contributed by atoms with Crippen LogP contribution < -0.4 is 10.6 Å². The summed E-state index contributed by atoms with van der Waals surface area (Å²) in [6.07, 6.45) is 4.52. The van der Waals surface area contributed by atoms with Crippen molar-refractivity contribution in [2.75, 3.05) is 5.32 Å². The van der Waals surface area contributed by atoms with Crippen molar-refractivity contribution in [2.45, 2.75) is 25.4 Å². The number of aryl methyl sites for hydroxylation is 1. The lowest BCUT2D eigenvalue weighted by atomic mass is 9.96. The van der Waals surface area contributed by atoms with Crippen molar-refractivity contribution in [2.24, 2.45) is 7.05 Å². The quantitative estimate of drug-likeness (QED) is 0.700. The predicted octanol–water partition coefficient (Wildman–Crippen LogP) is 3.11. The zero-order valence-corrected chi connectivity index (χ0v) is 16.0. The molecule has 4 heterocycles. The summed E-state index contributed by atoms with van der Waals surface area (Å²) >= 11 is 7.28. The molecule has 4 rings (SSSR count). The van der Waals surface area contributed by atoms with Gasteiger partial charge in [-0.05, 0) is 35.7 Å². The second kappa shape index (κ2) is 7.19. The Balaban J connectivity index is 1.53. The summed E-state index contributed by atoms with van der Waals surface area (Å²) in [7, 11) is 1.75. The Labute approximate surface area is 164 Å². The third kappa shape index (κ3) is 3.62. The average Bonchev–Trinajstić information content (AvgIpc) is 3.33. The van der Waals surface area contributed by atoms with Crippen LogP contribution in [-0.4, -0.2) is 21.7 Å². The van der Waals surface area contributed by atoms with Gasteiger partial charge >= 0.3 is 0 Å². The van der Waals surface area contributed by atoms with E-state index in [1.54, 1.807) is 24.0 Å². The number of hydrogen-bond acceptors (Lipinski definition) is 6. The van der Waals surface area contributed by atoms with Gasteiger partial charge in [0, 0.05) is 37.1 Å². The van der Waals surface area contributed by atoms with E-state index in [0.717, 1.165) is 16.2 Å². The Hall–Kier alpha value is -2.60. The summed E-state index contributed by atoms with van der Waals surface area (Å²) in [4.78, 5) is 13.5. The number of amides is 1. The highest BCUT2D eigenvalue weighted by Gasteiger charge is 2.27. The summed E-state index contributed by atoms with van der Waals surface area (Å²) in [5.41, 5.74) is 1.99. The van der Waals surface area contributed by atoms with E-state index in [9.17, 15) is 10.1 Å². The Morgan fingerprint density at radius 2 is 2.44 bits per heavy atom. The molecule has 1 amide bonds. The van der Waals surface area contributed by atoms with Crippen molar-refractivity contribution >= 4 is 33.8 Å². The molecule has 7 nitrogen and oxygen atoms in total. The van der Waals surface area contributed by atoms with E-state index in [2.05, 4.69) is 21.8 Å². The smallest absolute Gasteiger partial charge is 0.259 e. The Morgan fingerprint density at radius 1 is 1.59 bits per heavy atom. The molecular formula is C18H16ClN5O2S. The second-order valence-corrected chi connectivity index (χ2v) is 7.85. The van der Waals surface area contributed by atoms with Crippen LogP contribution in [0.4, 0.5) is 5.00 Å². The molecule has 2 N–H and O–H groups in total. The highest BCUT2D eigenvalue weighted by Crippen LogP contribution is 2.36. The first-order chi connectivity index (χ1) is 13.0. The van der Waals surface area contributed by atoms with Gasteiger partial charge in [-0.2, -0.15) is 10.4 Å². The monoisotopic (exact) mass is 401 g/mol. The van der Waals surface area contributed by atoms with Gasteiger partial charge in [0.25, 0.3) is 5.91 Å². The van der Waals surface area contributed by atoms with Crippen LogP contribution in [-0.2, 0) is 26.4 Å². The zero-order chi connectivity index (χ0) is 19.0. The van der Waals surface area contributed by atoms with Gasteiger partial charge in [-0.3, -0.25) is 9.48 Å². The van der Waals surface area contributed by atoms with Crippen molar-refractivity contribution in [3.8, 4) is 6.07 Å². The van der Waals surface area contributed by atoms with Crippen molar-refractivity contribution in [3.05, 3.63) is 57.1 Å². The van der Waals surface area contributed by atoms with Crippen LogP contribution in [0.1, 0.15) is 32.1 Å². The van der Waals surface area contributed by atoms with E-state index < -0.39 is 0 Å². The number of nitriles is 1. The molecule has 0 bridgehead atoms. The van der Waals surface area contributed by atoms with Gasteiger partial charge in [-0.15, -0.1) is 11.3 Å². The molecule has 1 unspecified atom stereocenters. The third-order valence-corrected chi connectivity index (χ3v) is 5.83.